The van der Waals surface area contributed by atoms with Gasteiger partial charge in [0.2, 0.25) is 0 Å². The lowest BCUT2D eigenvalue weighted by molar-refractivity contribution is 0.190. The van der Waals surface area contributed by atoms with Gasteiger partial charge in [0.25, 0.3) is 0 Å². The highest BCUT2D eigenvalue weighted by Crippen LogP contribution is 2.31. The molecule has 2 rings (SSSR count). The van der Waals surface area contributed by atoms with E-state index >= 15 is 0 Å². The van der Waals surface area contributed by atoms with E-state index in [0.717, 1.165) is 24.0 Å². The van der Waals surface area contributed by atoms with E-state index in [4.69, 9.17) is 0 Å². The van der Waals surface area contributed by atoms with E-state index in [1.54, 1.807) is 11.9 Å². The van der Waals surface area contributed by atoms with Crippen LogP contribution in [0, 0.1) is 0 Å². The Morgan fingerprint density at radius 2 is 2.21 bits per heavy atom. The summed E-state index contributed by atoms with van der Waals surface area (Å²) in [6.45, 7) is 1.74. The molecule has 1 N–H and O–H groups in total. The molecule has 0 aliphatic carbocycles. The number of rotatable bonds is 2. The van der Waals surface area contributed by atoms with Crippen molar-refractivity contribution < 1.29 is 5.11 Å². The van der Waals surface area contributed by atoms with Crippen LogP contribution in [0.3, 0.4) is 0 Å². The van der Waals surface area contributed by atoms with Gasteiger partial charge in [-0.1, -0.05) is 12.1 Å². The smallest absolute Gasteiger partial charge is 0.0689 e. The molecule has 0 spiro atoms. The van der Waals surface area contributed by atoms with Crippen LogP contribution >= 0.6 is 27.9 Å². The van der Waals surface area contributed by atoms with E-state index in [0.29, 0.717) is 0 Å². The van der Waals surface area contributed by atoms with Gasteiger partial charge in [-0.2, -0.15) is 0 Å². The fraction of sp³-hybridized carbons (Fsp3) is 0.400. The summed E-state index contributed by atoms with van der Waals surface area (Å²) in [6, 6.07) is 8.15. The fourth-order valence-corrected chi connectivity index (χ4v) is 2.97. The Morgan fingerprint density at radius 1 is 1.43 bits per heavy atom. The third-order valence-corrected chi connectivity index (χ3v) is 4.29. The summed E-state index contributed by atoms with van der Waals surface area (Å²) in [5.41, 5.74) is 0. The predicted molar refractivity (Wildman–Crippen MR) is 62.2 cm³/mol. The number of nitrogens with zero attached hydrogens (tertiary/aromatic N) is 1. The topological polar surface area (TPSA) is 23.5 Å². The first-order valence-corrected chi connectivity index (χ1v) is 6.18. The van der Waals surface area contributed by atoms with Crippen LogP contribution in [0.5, 0.6) is 0 Å². The molecule has 0 amide bonds. The summed E-state index contributed by atoms with van der Waals surface area (Å²) in [5, 5.41) is 9.38. The van der Waals surface area contributed by atoms with Gasteiger partial charge in [0, 0.05) is 22.5 Å². The van der Waals surface area contributed by atoms with Crippen molar-refractivity contribution in [2.75, 3.05) is 13.1 Å². The monoisotopic (exact) mass is 273 g/mol. The summed E-state index contributed by atoms with van der Waals surface area (Å²) in [5.74, 6) is 0. The van der Waals surface area contributed by atoms with E-state index in [2.05, 4.69) is 26.3 Å². The highest BCUT2D eigenvalue weighted by Gasteiger charge is 2.21. The van der Waals surface area contributed by atoms with Gasteiger partial charge in [0.05, 0.1) is 6.10 Å². The highest BCUT2D eigenvalue weighted by molar-refractivity contribution is 9.10. The lowest BCUT2D eigenvalue weighted by Crippen LogP contribution is -2.14. The molecular weight excluding hydrogens is 262 g/mol. The zero-order chi connectivity index (χ0) is 9.97. The van der Waals surface area contributed by atoms with Gasteiger partial charge in [-0.3, -0.25) is 0 Å². The van der Waals surface area contributed by atoms with Crippen molar-refractivity contribution in [1.82, 2.24) is 4.31 Å². The Kier molecular flexibility index (Phi) is 3.49. The van der Waals surface area contributed by atoms with Crippen molar-refractivity contribution in [3.05, 3.63) is 28.7 Å². The quantitative estimate of drug-likeness (QED) is 0.838. The van der Waals surface area contributed by atoms with Crippen LogP contribution in [0.2, 0.25) is 0 Å². The van der Waals surface area contributed by atoms with Crippen LogP contribution in [-0.2, 0) is 0 Å². The molecule has 1 heterocycles. The minimum atomic E-state index is -0.148. The maximum atomic E-state index is 9.38. The van der Waals surface area contributed by atoms with Crippen LogP contribution in [0.4, 0.5) is 0 Å². The molecule has 76 valence electrons. The Balaban J connectivity index is 2.01. The van der Waals surface area contributed by atoms with Crippen molar-refractivity contribution in [2.45, 2.75) is 17.4 Å². The summed E-state index contributed by atoms with van der Waals surface area (Å²) in [7, 11) is 0. The largest absolute Gasteiger partial charge is 0.392 e. The molecule has 0 radical (unpaired) electrons. The molecule has 4 heteroatoms. The molecular formula is C10H12BrNOS. The van der Waals surface area contributed by atoms with Crippen molar-refractivity contribution >= 4 is 27.9 Å². The third-order valence-electron chi connectivity index (χ3n) is 2.19. The Bertz CT molecular complexity index is 321. The van der Waals surface area contributed by atoms with E-state index in [1.807, 2.05) is 18.2 Å². The lowest BCUT2D eigenvalue weighted by Gasteiger charge is -2.14. The molecule has 1 fully saturated rings. The first kappa shape index (κ1) is 10.5. The highest BCUT2D eigenvalue weighted by atomic mass is 79.9. The summed E-state index contributed by atoms with van der Waals surface area (Å²) >= 11 is 5.22. The zero-order valence-corrected chi connectivity index (χ0v) is 10.1. The van der Waals surface area contributed by atoms with Crippen molar-refractivity contribution in [3.63, 3.8) is 0 Å². The third kappa shape index (κ3) is 2.51. The molecule has 1 unspecified atom stereocenters. The fourth-order valence-electron chi connectivity index (χ4n) is 1.45. The number of β-amino-alcohol motifs (C(OH)–C–C–N with tert-alkyl or cyclic N) is 1. The number of hydrogen-bond donors (Lipinski definition) is 1. The number of aliphatic hydroxyl groups is 1. The van der Waals surface area contributed by atoms with Gasteiger partial charge in [-0.25, -0.2) is 4.31 Å². The normalized spacial score (nSPS) is 22.9. The Labute approximate surface area is 96.6 Å². The molecule has 14 heavy (non-hydrogen) atoms. The van der Waals surface area contributed by atoms with Crippen LogP contribution < -0.4 is 0 Å². The van der Waals surface area contributed by atoms with E-state index in [-0.39, 0.29) is 6.10 Å². The molecule has 1 saturated heterocycles. The molecule has 0 aromatic heterocycles. The van der Waals surface area contributed by atoms with Crippen molar-refractivity contribution in [2.24, 2.45) is 0 Å². The summed E-state index contributed by atoms with van der Waals surface area (Å²) < 4.78 is 3.32. The average Bonchev–Trinajstić information content (AvgIpc) is 2.56. The molecule has 2 nitrogen and oxygen atoms in total. The summed E-state index contributed by atoms with van der Waals surface area (Å²) in [6.07, 6.45) is 0.738. The van der Waals surface area contributed by atoms with E-state index in [1.165, 1.54) is 4.90 Å². The second-order valence-corrected chi connectivity index (χ2v) is 5.35. The van der Waals surface area contributed by atoms with Crippen LogP contribution in [0.25, 0.3) is 0 Å². The minimum absolute atomic E-state index is 0.148. The summed E-state index contributed by atoms with van der Waals surface area (Å²) in [4.78, 5) is 1.21. The average molecular weight is 274 g/mol. The predicted octanol–water partition coefficient (Wildman–Crippen LogP) is 2.52. The zero-order valence-electron chi connectivity index (χ0n) is 7.69. The Hall–Kier alpha value is -0.0300. The van der Waals surface area contributed by atoms with Crippen LogP contribution in [0.15, 0.2) is 33.6 Å². The number of aliphatic hydroxyl groups excluding tert-OH is 1. The van der Waals surface area contributed by atoms with Gasteiger partial charge in [0.15, 0.2) is 0 Å². The lowest BCUT2D eigenvalue weighted by atomic mass is 10.3. The second-order valence-electron chi connectivity index (χ2n) is 3.35. The number of halogens is 1. The molecule has 1 aliphatic heterocycles. The minimum Gasteiger partial charge on any atom is -0.392 e. The molecule has 0 bridgehead atoms. The van der Waals surface area contributed by atoms with Crippen molar-refractivity contribution in [1.29, 1.82) is 0 Å². The molecule has 1 atom stereocenters. The van der Waals surface area contributed by atoms with E-state index < -0.39 is 0 Å². The van der Waals surface area contributed by atoms with Gasteiger partial charge < -0.3 is 5.11 Å². The van der Waals surface area contributed by atoms with Gasteiger partial charge in [-0.15, -0.1) is 0 Å². The Morgan fingerprint density at radius 3 is 2.86 bits per heavy atom. The first-order valence-electron chi connectivity index (χ1n) is 4.61. The maximum Gasteiger partial charge on any atom is 0.0689 e. The van der Waals surface area contributed by atoms with Gasteiger partial charge in [0.1, 0.15) is 0 Å². The standard InChI is InChI=1S/C10H12BrNOS/c11-9-3-1-2-4-10(9)14-12-6-5-8(13)7-12/h1-4,8,13H,5-7H2. The molecule has 1 aliphatic rings. The maximum absolute atomic E-state index is 9.38. The van der Waals surface area contributed by atoms with Gasteiger partial charge >= 0.3 is 0 Å². The number of hydrogen-bond acceptors (Lipinski definition) is 3. The van der Waals surface area contributed by atoms with Crippen LogP contribution in [-0.4, -0.2) is 28.6 Å². The van der Waals surface area contributed by atoms with Gasteiger partial charge in [-0.05, 0) is 46.4 Å². The SMILES string of the molecule is OC1CCN(Sc2ccccc2Br)C1. The van der Waals surface area contributed by atoms with E-state index in [9.17, 15) is 5.11 Å². The van der Waals surface area contributed by atoms with Crippen LogP contribution in [0.1, 0.15) is 6.42 Å². The molecule has 1 aromatic carbocycles. The molecule has 0 saturated carbocycles. The first-order chi connectivity index (χ1) is 6.75. The second kappa shape index (κ2) is 4.66. The number of benzene rings is 1. The van der Waals surface area contributed by atoms with Crippen molar-refractivity contribution in [3.8, 4) is 0 Å². The molecule has 1 aromatic rings.